The van der Waals surface area contributed by atoms with Gasteiger partial charge < -0.3 is 14.8 Å². The van der Waals surface area contributed by atoms with E-state index in [0.717, 1.165) is 12.8 Å². The number of hydrogen-bond donors (Lipinski definition) is 1. The van der Waals surface area contributed by atoms with Crippen molar-refractivity contribution in [2.45, 2.75) is 12.8 Å². The predicted octanol–water partition coefficient (Wildman–Crippen LogP) is 2.45. The van der Waals surface area contributed by atoms with Crippen molar-refractivity contribution in [1.29, 1.82) is 0 Å². The summed E-state index contributed by atoms with van der Waals surface area (Å²) >= 11 is 5.57. The van der Waals surface area contributed by atoms with E-state index in [4.69, 9.17) is 21.1 Å². The van der Waals surface area contributed by atoms with E-state index < -0.39 is 0 Å². The highest BCUT2D eigenvalue weighted by atomic mass is 35.5. The van der Waals surface area contributed by atoms with Gasteiger partial charge in [-0.05, 0) is 25.0 Å². The van der Waals surface area contributed by atoms with Gasteiger partial charge in [0.2, 0.25) is 0 Å². The van der Waals surface area contributed by atoms with Crippen molar-refractivity contribution in [2.75, 3.05) is 26.6 Å². The molecule has 5 heteroatoms. The molecule has 1 aromatic carbocycles. The number of ether oxygens (including phenoxy) is 2. The largest absolute Gasteiger partial charge is 0.497 e. The van der Waals surface area contributed by atoms with E-state index >= 15 is 0 Å². The van der Waals surface area contributed by atoms with Crippen molar-refractivity contribution in [1.82, 2.24) is 5.32 Å². The zero-order valence-corrected chi connectivity index (χ0v) is 11.4. The molecule has 0 aliphatic heterocycles. The van der Waals surface area contributed by atoms with Gasteiger partial charge in [0, 0.05) is 24.1 Å². The van der Waals surface area contributed by atoms with Crippen LogP contribution in [-0.2, 0) is 0 Å². The Balaban J connectivity index is 2.66. The highest BCUT2D eigenvalue weighted by Crippen LogP contribution is 2.22. The molecule has 0 aliphatic rings. The van der Waals surface area contributed by atoms with Crippen LogP contribution in [0.5, 0.6) is 11.5 Å². The van der Waals surface area contributed by atoms with E-state index in [1.54, 1.807) is 32.4 Å². The first-order valence-corrected chi connectivity index (χ1v) is 6.32. The lowest BCUT2D eigenvalue weighted by Gasteiger charge is -2.09. The molecule has 0 radical (unpaired) electrons. The number of carbonyl (C=O) groups is 1. The van der Waals surface area contributed by atoms with Crippen molar-refractivity contribution in [3.63, 3.8) is 0 Å². The Morgan fingerprint density at radius 3 is 2.28 bits per heavy atom. The van der Waals surface area contributed by atoms with Crippen molar-refractivity contribution in [3.8, 4) is 11.5 Å². The maximum absolute atomic E-state index is 11.9. The molecule has 0 aliphatic carbocycles. The van der Waals surface area contributed by atoms with Crippen molar-refractivity contribution < 1.29 is 14.3 Å². The van der Waals surface area contributed by atoms with Gasteiger partial charge in [0.1, 0.15) is 11.5 Å². The second-order valence-electron chi connectivity index (χ2n) is 3.75. The number of alkyl halides is 1. The minimum absolute atomic E-state index is 0.137. The Labute approximate surface area is 112 Å². The van der Waals surface area contributed by atoms with Crippen LogP contribution in [0.4, 0.5) is 0 Å². The van der Waals surface area contributed by atoms with E-state index in [1.165, 1.54) is 0 Å². The van der Waals surface area contributed by atoms with Crippen LogP contribution in [0.15, 0.2) is 18.2 Å². The number of benzene rings is 1. The predicted molar refractivity (Wildman–Crippen MR) is 71.8 cm³/mol. The Hall–Kier alpha value is -1.42. The van der Waals surface area contributed by atoms with Crippen LogP contribution in [0.2, 0.25) is 0 Å². The normalized spacial score (nSPS) is 9.94. The summed E-state index contributed by atoms with van der Waals surface area (Å²) in [5.41, 5.74) is 0.525. The Morgan fingerprint density at radius 2 is 1.78 bits per heavy atom. The number of nitrogens with one attached hydrogen (secondary N) is 1. The Kier molecular flexibility index (Phi) is 6.36. The average molecular weight is 272 g/mol. The third-order valence-corrected chi connectivity index (χ3v) is 2.73. The van der Waals surface area contributed by atoms with Gasteiger partial charge in [-0.25, -0.2) is 0 Å². The van der Waals surface area contributed by atoms with E-state index in [-0.39, 0.29) is 5.91 Å². The molecule has 4 nitrogen and oxygen atoms in total. The molecule has 0 aromatic heterocycles. The van der Waals surface area contributed by atoms with Crippen LogP contribution < -0.4 is 14.8 Å². The molecule has 0 unspecified atom stereocenters. The topological polar surface area (TPSA) is 47.6 Å². The van der Waals surface area contributed by atoms with Crippen molar-refractivity contribution in [3.05, 3.63) is 23.8 Å². The molecule has 0 fully saturated rings. The van der Waals surface area contributed by atoms with Crippen LogP contribution in [0.1, 0.15) is 23.2 Å². The number of hydrogen-bond acceptors (Lipinski definition) is 3. The zero-order chi connectivity index (χ0) is 13.4. The van der Waals surface area contributed by atoms with Gasteiger partial charge in [0.15, 0.2) is 0 Å². The summed E-state index contributed by atoms with van der Waals surface area (Å²) in [6.45, 7) is 0.616. The number of methoxy groups -OCH3 is 2. The standard InChI is InChI=1S/C13H18ClNO3/c1-17-11-7-10(8-12(9-11)18-2)13(16)15-6-4-3-5-14/h7-9H,3-6H2,1-2H3,(H,15,16). The summed E-state index contributed by atoms with van der Waals surface area (Å²) in [5, 5.41) is 2.83. The van der Waals surface area contributed by atoms with E-state index in [2.05, 4.69) is 5.32 Å². The lowest BCUT2D eigenvalue weighted by atomic mass is 10.2. The summed E-state index contributed by atoms with van der Waals surface area (Å²) < 4.78 is 10.2. The highest BCUT2D eigenvalue weighted by molar-refractivity contribution is 6.17. The number of halogens is 1. The van der Waals surface area contributed by atoms with Crippen LogP contribution >= 0.6 is 11.6 Å². The van der Waals surface area contributed by atoms with Gasteiger partial charge in [-0.15, -0.1) is 11.6 Å². The molecule has 1 rings (SSSR count). The fourth-order valence-corrected chi connectivity index (χ4v) is 1.65. The lowest BCUT2D eigenvalue weighted by molar-refractivity contribution is 0.0952. The molecule has 0 bridgehead atoms. The lowest BCUT2D eigenvalue weighted by Crippen LogP contribution is -2.24. The van der Waals surface area contributed by atoms with E-state index in [9.17, 15) is 4.79 Å². The monoisotopic (exact) mass is 271 g/mol. The summed E-state index contributed by atoms with van der Waals surface area (Å²) in [4.78, 5) is 11.9. The van der Waals surface area contributed by atoms with Crippen molar-refractivity contribution >= 4 is 17.5 Å². The molecule has 1 N–H and O–H groups in total. The molecular formula is C13H18ClNO3. The maximum Gasteiger partial charge on any atom is 0.251 e. The summed E-state index contributed by atoms with van der Waals surface area (Å²) in [5.74, 6) is 1.67. The molecule has 1 aromatic rings. The zero-order valence-electron chi connectivity index (χ0n) is 10.7. The van der Waals surface area contributed by atoms with Gasteiger partial charge in [-0.1, -0.05) is 0 Å². The summed E-state index contributed by atoms with van der Waals surface area (Å²) in [6.07, 6.45) is 1.76. The molecule has 0 saturated carbocycles. The number of rotatable bonds is 7. The molecule has 0 saturated heterocycles. The van der Waals surface area contributed by atoms with Gasteiger partial charge >= 0.3 is 0 Å². The fraction of sp³-hybridized carbons (Fsp3) is 0.462. The number of unbranched alkanes of at least 4 members (excludes halogenated alkanes) is 1. The van der Waals surface area contributed by atoms with Gasteiger partial charge in [-0.3, -0.25) is 4.79 Å². The van der Waals surface area contributed by atoms with E-state index in [0.29, 0.717) is 29.5 Å². The smallest absolute Gasteiger partial charge is 0.251 e. The second-order valence-corrected chi connectivity index (χ2v) is 4.13. The highest BCUT2D eigenvalue weighted by Gasteiger charge is 2.09. The third kappa shape index (κ3) is 4.45. The van der Waals surface area contributed by atoms with Crippen molar-refractivity contribution in [2.24, 2.45) is 0 Å². The van der Waals surface area contributed by atoms with Crippen LogP contribution in [-0.4, -0.2) is 32.6 Å². The quantitative estimate of drug-likeness (QED) is 0.612. The van der Waals surface area contributed by atoms with Gasteiger partial charge in [-0.2, -0.15) is 0 Å². The van der Waals surface area contributed by atoms with Gasteiger partial charge in [0.25, 0.3) is 5.91 Å². The molecule has 100 valence electrons. The number of amides is 1. The first kappa shape index (κ1) is 14.6. The van der Waals surface area contributed by atoms with E-state index in [1.807, 2.05) is 0 Å². The van der Waals surface area contributed by atoms with Crippen LogP contribution in [0.3, 0.4) is 0 Å². The Morgan fingerprint density at radius 1 is 1.17 bits per heavy atom. The van der Waals surface area contributed by atoms with Crippen LogP contribution in [0.25, 0.3) is 0 Å². The number of carbonyl (C=O) groups excluding carboxylic acids is 1. The third-order valence-electron chi connectivity index (χ3n) is 2.46. The molecule has 18 heavy (non-hydrogen) atoms. The molecule has 0 spiro atoms. The molecular weight excluding hydrogens is 254 g/mol. The molecule has 0 atom stereocenters. The first-order valence-electron chi connectivity index (χ1n) is 5.78. The molecule has 0 heterocycles. The Bertz CT molecular complexity index is 374. The average Bonchev–Trinajstić information content (AvgIpc) is 2.42. The second kappa shape index (κ2) is 7.82. The SMILES string of the molecule is COc1cc(OC)cc(C(=O)NCCCCCl)c1. The fourth-order valence-electron chi connectivity index (χ4n) is 1.46. The maximum atomic E-state index is 11.9. The molecule has 1 amide bonds. The van der Waals surface area contributed by atoms with Crippen LogP contribution in [0, 0.1) is 0 Å². The minimum atomic E-state index is -0.137. The van der Waals surface area contributed by atoms with Gasteiger partial charge in [0.05, 0.1) is 14.2 Å². The first-order chi connectivity index (χ1) is 8.71. The minimum Gasteiger partial charge on any atom is -0.497 e. The summed E-state index contributed by atoms with van der Waals surface area (Å²) in [7, 11) is 3.11. The summed E-state index contributed by atoms with van der Waals surface area (Å²) in [6, 6.07) is 5.09.